The van der Waals surface area contributed by atoms with Crippen LogP contribution in [0.15, 0.2) is 41.3 Å². The van der Waals surface area contributed by atoms with E-state index in [1.54, 1.807) is 10.6 Å². The number of morpholine rings is 1. The van der Waals surface area contributed by atoms with Crippen LogP contribution in [0.4, 0.5) is 27.8 Å². The number of nitrogens with zero attached hydrogens (tertiary/aromatic N) is 4. The molecule has 0 unspecified atom stereocenters. The summed E-state index contributed by atoms with van der Waals surface area (Å²) < 4.78 is 84.9. The number of halogens is 5. The maximum absolute atomic E-state index is 14.6. The number of pyridine rings is 1. The molecule has 188 valence electrons. The number of ether oxygens (including phenoxy) is 3. The molecule has 0 radical (unpaired) electrons. The molecule has 8 nitrogen and oxygen atoms in total. The van der Waals surface area contributed by atoms with E-state index in [1.807, 2.05) is 0 Å². The molecule has 2 aromatic heterocycles. The molecule has 1 spiro atoms. The van der Waals surface area contributed by atoms with Crippen molar-refractivity contribution in [1.82, 2.24) is 14.5 Å². The van der Waals surface area contributed by atoms with Gasteiger partial charge in [0.25, 0.3) is 0 Å². The second kappa shape index (κ2) is 7.88. The highest BCUT2D eigenvalue weighted by molar-refractivity contribution is 5.52. The van der Waals surface area contributed by atoms with Gasteiger partial charge in [-0.3, -0.25) is 4.57 Å². The molecule has 36 heavy (non-hydrogen) atoms. The molecule has 5 heterocycles. The number of fused-ring (bicyclic) bond motifs is 3. The van der Waals surface area contributed by atoms with Crippen molar-refractivity contribution in [1.29, 1.82) is 0 Å². The molecule has 2 fully saturated rings. The molecule has 2 atom stereocenters. The third-order valence-corrected chi connectivity index (χ3v) is 6.54. The first-order valence-corrected chi connectivity index (χ1v) is 10.9. The average Bonchev–Trinajstić information content (AvgIpc) is 3.49. The smallest absolute Gasteiger partial charge is 0.433 e. The first-order chi connectivity index (χ1) is 17.1. The molecule has 3 aliphatic heterocycles. The van der Waals surface area contributed by atoms with Gasteiger partial charge in [-0.05, 0) is 29.8 Å². The Morgan fingerprint density at radius 1 is 1.17 bits per heavy atom. The standard InChI is InChI=1S/C23H17F5N4O4/c24-15-3-12(4-16(25)20(15)36-13-1-2-17(29-7-13)23(26,27)28)9-34-18-5-19-31(21(33)30-18)10-22-6-14(35-11-22)8-32(19)22/h1-5,7,14H,6,8-11H2/t14-,22+/m0/s1. The molecule has 3 aliphatic rings. The van der Waals surface area contributed by atoms with Gasteiger partial charge < -0.3 is 19.1 Å². The Balaban J connectivity index is 1.17. The van der Waals surface area contributed by atoms with Crippen LogP contribution in [0.2, 0.25) is 0 Å². The summed E-state index contributed by atoms with van der Waals surface area (Å²) in [4.78, 5) is 21.8. The van der Waals surface area contributed by atoms with Crippen molar-refractivity contribution in [3.8, 4) is 17.4 Å². The van der Waals surface area contributed by atoms with Crippen LogP contribution in [0.25, 0.3) is 0 Å². The van der Waals surface area contributed by atoms with E-state index in [0.29, 0.717) is 31.6 Å². The fourth-order valence-corrected chi connectivity index (χ4v) is 4.94. The van der Waals surface area contributed by atoms with Gasteiger partial charge in [-0.25, -0.2) is 18.6 Å². The third-order valence-electron chi connectivity index (χ3n) is 6.54. The molecule has 2 saturated heterocycles. The van der Waals surface area contributed by atoms with Crippen molar-refractivity contribution in [2.24, 2.45) is 0 Å². The van der Waals surface area contributed by atoms with Gasteiger partial charge in [0.05, 0.1) is 31.0 Å². The molecule has 1 aromatic carbocycles. The SMILES string of the molecule is O=c1nc(OCc2cc(F)c(Oc3ccc(C(F)(F)F)nc3)c(F)c2)cc2n1C[C@]13CO[C@H](CN21)C3. The van der Waals surface area contributed by atoms with E-state index in [0.717, 1.165) is 30.8 Å². The van der Waals surface area contributed by atoms with Crippen LogP contribution in [0, 0.1) is 11.6 Å². The summed E-state index contributed by atoms with van der Waals surface area (Å²) in [6.45, 7) is 1.39. The van der Waals surface area contributed by atoms with Crippen molar-refractivity contribution >= 4 is 5.82 Å². The van der Waals surface area contributed by atoms with E-state index in [9.17, 15) is 26.7 Å². The predicted octanol–water partition coefficient (Wildman–Crippen LogP) is 3.67. The maximum Gasteiger partial charge on any atom is 0.433 e. The van der Waals surface area contributed by atoms with Crippen LogP contribution >= 0.6 is 0 Å². The highest BCUT2D eigenvalue weighted by Crippen LogP contribution is 2.46. The van der Waals surface area contributed by atoms with Crippen molar-refractivity contribution in [3.63, 3.8) is 0 Å². The average molecular weight is 508 g/mol. The molecule has 13 heteroatoms. The molecule has 0 saturated carbocycles. The second-order valence-corrected chi connectivity index (χ2v) is 8.95. The minimum Gasteiger partial charge on any atom is -0.473 e. The zero-order valence-corrected chi connectivity index (χ0v) is 18.4. The summed E-state index contributed by atoms with van der Waals surface area (Å²) in [5.74, 6) is -2.57. The van der Waals surface area contributed by atoms with Gasteiger partial charge in [0.2, 0.25) is 5.88 Å². The van der Waals surface area contributed by atoms with Gasteiger partial charge in [-0.15, -0.1) is 0 Å². The Hall–Kier alpha value is -3.74. The molecule has 0 amide bonds. The van der Waals surface area contributed by atoms with Gasteiger partial charge in [0, 0.05) is 19.0 Å². The molecule has 0 aliphatic carbocycles. The van der Waals surface area contributed by atoms with Crippen LogP contribution in [-0.2, 0) is 24.1 Å². The summed E-state index contributed by atoms with van der Waals surface area (Å²) in [6, 6.07) is 5.09. The zero-order chi connectivity index (χ0) is 25.2. The highest BCUT2D eigenvalue weighted by Gasteiger charge is 2.56. The van der Waals surface area contributed by atoms with E-state index in [2.05, 4.69) is 14.9 Å². The van der Waals surface area contributed by atoms with E-state index >= 15 is 0 Å². The Morgan fingerprint density at radius 3 is 2.61 bits per heavy atom. The number of aromatic nitrogens is 3. The maximum atomic E-state index is 14.6. The largest absolute Gasteiger partial charge is 0.473 e. The van der Waals surface area contributed by atoms with Crippen molar-refractivity contribution in [3.05, 3.63) is 69.9 Å². The Labute approximate surface area is 199 Å². The molecule has 3 aromatic rings. The summed E-state index contributed by atoms with van der Waals surface area (Å²) in [5, 5.41) is 0. The first kappa shape index (κ1) is 22.7. The Morgan fingerprint density at radius 2 is 1.94 bits per heavy atom. The van der Waals surface area contributed by atoms with Crippen LogP contribution < -0.4 is 20.1 Å². The second-order valence-electron chi connectivity index (χ2n) is 8.95. The van der Waals surface area contributed by atoms with Gasteiger partial charge in [0.1, 0.15) is 23.9 Å². The Bertz CT molecular complexity index is 1390. The fraction of sp³-hybridized carbons (Fsp3) is 0.348. The monoisotopic (exact) mass is 508 g/mol. The van der Waals surface area contributed by atoms with Crippen LogP contribution in [0.3, 0.4) is 0 Å². The molecule has 0 N–H and O–H groups in total. The van der Waals surface area contributed by atoms with Gasteiger partial charge in [-0.1, -0.05) is 0 Å². The summed E-state index contributed by atoms with van der Waals surface area (Å²) in [5.41, 5.74) is -1.80. The Kier molecular flexibility index (Phi) is 4.97. The zero-order valence-electron chi connectivity index (χ0n) is 18.4. The van der Waals surface area contributed by atoms with E-state index in [4.69, 9.17) is 14.2 Å². The van der Waals surface area contributed by atoms with Crippen LogP contribution in [-0.4, -0.2) is 39.3 Å². The summed E-state index contributed by atoms with van der Waals surface area (Å²) in [6.07, 6.45) is -2.98. The van der Waals surface area contributed by atoms with Gasteiger partial charge in [0.15, 0.2) is 17.4 Å². The number of hydrogen-bond donors (Lipinski definition) is 0. The normalized spacial score (nSPS) is 22.0. The van der Waals surface area contributed by atoms with Crippen LogP contribution in [0.5, 0.6) is 17.4 Å². The molecular weight excluding hydrogens is 491 g/mol. The summed E-state index contributed by atoms with van der Waals surface area (Å²) >= 11 is 0. The van der Waals surface area contributed by atoms with E-state index in [1.165, 1.54) is 0 Å². The molecule has 6 rings (SSSR count). The van der Waals surface area contributed by atoms with Crippen molar-refractivity contribution in [2.75, 3.05) is 18.1 Å². The topological polar surface area (TPSA) is 78.7 Å². The molecule has 2 bridgehead atoms. The van der Waals surface area contributed by atoms with Crippen molar-refractivity contribution < 1.29 is 36.2 Å². The fourth-order valence-electron chi connectivity index (χ4n) is 4.94. The van der Waals surface area contributed by atoms with Crippen LogP contribution in [0.1, 0.15) is 17.7 Å². The lowest BCUT2D eigenvalue weighted by Gasteiger charge is -2.32. The lowest BCUT2D eigenvalue weighted by molar-refractivity contribution is -0.141. The quantitative estimate of drug-likeness (QED) is 0.487. The highest BCUT2D eigenvalue weighted by atomic mass is 19.4. The minimum atomic E-state index is -4.65. The number of anilines is 1. The minimum absolute atomic E-state index is 0.0176. The number of alkyl halides is 3. The third kappa shape index (κ3) is 3.74. The van der Waals surface area contributed by atoms with E-state index in [-0.39, 0.29) is 35.4 Å². The van der Waals surface area contributed by atoms with Crippen molar-refractivity contribution in [2.45, 2.75) is 37.4 Å². The number of benzene rings is 1. The first-order valence-electron chi connectivity index (χ1n) is 10.9. The lowest BCUT2D eigenvalue weighted by atomic mass is 10.0. The molecular formula is C23H17F5N4O4. The summed E-state index contributed by atoms with van der Waals surface area (Å²) in [7, 11) is 0. The van der Waals surface area contributed by atoms with Gasteiger partial charge in [-0.2, -0.15) is 18.2 Å². The van der Waals surface area contributed by atoms with Gasteiger partial charge >= 0.3 is 11.9 Å². The number of rotatable bonds is 5. The lowest BCUT2D eigenvalue weighted by Crippen LogP contribution is -2.46. The van der Waals surface area contributed by atoms with E-state index < -0.39 is 34.9 Å². The predicted molar refractivity (Wildman–Crippen MR) is 113 cm³/mol. The number of hydrogen-bond acceptors (Lipinski definition) is 7.